The van der Waals surface area contributed by atoms with Crippen molar-refractivity contribution in [1.82, 2.24) is 5.32 Å². The SMILES string of the molecule is CC(C)C12CCNC1CC2. The van der Waals surface area contributed by atoms with E-state index >= 15 is 0 Å². The van der Waals surface area contributed by atoms with Gasteiger partial charge in [0.05, 0.1) is 0 Å². The molecule has 10 heavy (non-hydrogen) atoms. The average Bonchev–Trinajstić information content (AvgIpc) is 2.09. The quantitative estimate of drug-likeness (QED) is 0.584. The van der Waals surface area contributed by atoms with Crippen molar-refractivity contribution in [2.75, 3.05) is 6.54 Å². The van der Waals surface area contributed by atoms with Crippen LogP contribution in [0.25, 0.3) is 0 Å². The molecule has 2 rings (SSSR count). The highest BCUT2D eigenvalue weighted by molar-refractivity contribution is 5.06. The first kappa shape index (κ1) is 6.66. The normalized spacial score (nSPS) is 45.3. The van der Waals surface area contributed by atoms with Gasteiger partial charge in [0.25, 0.3) is 0 Å². The van der Waals surface area contributed by atoms with Gasteiger partial charge in [-0.2, -0.15) is 0 Å². The third kappa shape index (κ3) is 0.619. The molecule has 2 aliphatic rings. The number of hydrogen-bond acceptors (Lipinski definition) is 1. The van der Waals surface area contributed by atoms with E-state index in [0.29, 0.717) is 0 Å². The van der Waals surface area contributed by atoms with Crippen molar-refractivity contribution in [2.24, 2.45) is 11.3 Å². The Morgan fingerprint density at radius 1 is 1.40 bits per heavy atom. The van der Waals surface area contributed by atoms with Crippen LogP contribution < -0.4 is 5.32 Å². The van der Waals surface area contributed by atoms with Gasteiger partial charge in [-0.15, -0.1) is 0 Å². The number of hydrogen-bond donors (Lipinski definition) is 1. The van der Waals surface area contributed by atoms with E-state index in [1.165, 1.54) is 25.8 Å². The summed E-state index contributed by atoms with van der Waals surface area (Å²) < 4.78 is 0. The van der Waals surface area contributed by atoms with E-state index < -0.39 is 0 Å². The molecule has 0 aromatic rings. The van der Waals surface area contributed by atoms with Crippen LogP contribution in [0.4, 0.5) is 0 Å². The molecular weight excluding hydrogens is 122 g/mol. The van der Waals surface area contributed by atoms with Crippen LogP contribution in [-0.4, -0.2) is 12.6 Å². The topological polar surface area (TPSA) is 12.0 Å². The van der Waals surface area contributed by atoms with E-state index in [2.05, 4.69) is 19.2 Å². The zero-order valence-corrected chi connectivity index (χ0v) is 6.98. The molecule has 2 atom stereocenters. The number of fused-ring (bicyclic) bond motifs is 1. The molecule has 0 spiro atoms. The molecule has 1 saturated carbocycles. The molecule has 2 fully saturated rings. The minimum Gasteiger partial charge on any atom is -0.313 e. The first-order valence-corrected chi connectivity index (χ1v) is 4.49. The monoisotopic (exact) mass is 139 g/mol. The smallest absolute Gasteiger partial charge is 0.0127 e. The highest BCUT2D eigenvalue weighted by atomic mass is 15.0. The maximum Gasteiger partial charge on any atom is 0.0127 e. The van der Waals surface area contributed by atoms with Crippen molar-refractivity contribution in [1.29, 1.82) is 0 Å². The molecule has 1 aliphatic heterocycles. The predicted octanol–water partition coefficient (Wildman–Crippen LogP) is 1.78. The van der Waals surface area contributed by atoms with Gasteiger partial charge >= 0.3 is 0 Å². The molecule has 2 unspecified atom stereocenters. The van der Waals surface area contributed by atoms with E-state index in [4.69, 9.17) is 0 Å². The Morgan fingerprint density at radius 2 is 2.20 bits per heavy atom. The highest BCUT2D eigenvalue weighted by Crippen LogP contribution is 2.52. The molecule has 0 amide bonds. The van der Waals surface area contributed by atoms with Crippen LogP contribution >= 0.6 is 0 Å². The summed E-state index contributed by atoms with van der Waals surface area (Å²) in [6.07, 6.45) is 4.33. The van der Waals surface area contributed by atoms with E-state index in [9.17, 15) is 0 Å². The predicted molar refractivity (Wildman–Crippen MR) is 42.9 cm³/mol. The Bertz CT molecular complexity index is 142. The van der Waals surface area contributed by atoms with Gasteiger partial charge in [0.1, 0.15) is 0 Å². The van der Waals surface area contributed by atoms with Crippen molar-refractivity contribution >= 4 is 0 Å². The summed E-state index contributed by atoms with van der Waals surface area (Å²) >= 11 is 0. The van der Waals surface area contributed by atoms with Crippen LogP contribution in [0.1, 0.15) is 33.1 Å². The number of nitrogens with one attached hydrogen (secondary N) is 1. The second-order valence-electron chi connectivity index (χ2n) is 4.18. The highest BCUT2D eigenvalue weighted by Gasteiger charge is 2.51. The molecule has 1 saturated heterocycles. The summed E-state index contributed by atoms with van der Waals surface area (Å²) in [4.78, 5) is 0. The Hall–Kier alpha value is -0.0400. The summed E-state index contributed by atoms with van der Waals surface area (Å²) in [6.45, 7) is 6.02. The lowest BCUT2D eigenvalue weighted by Gasteiger charge is -2.48. The molecule has 1 heterocycles. The zero-order valence-electron chi connectivity index (χ0n) is 6.98. The molecular formula is C9H17N. The van der Waals surface area contributed by atoms with Crippen molar-refractivity contribution in [3.05, 3.63) is 0 Å². The summed E-state index contributed by atoms with van der Waals surface area (Å²) in [5.74, 6) is 0.890. The average molecular weight is 139 g/mol. The first-order chi connectivity index (χ1) is 4.76. The fourth-order valence-corrected chi connectivity index (χ4v) is 2.72. The van der Waals surface area contributed by atoms with Gasteiger partial charge < -0.3 is 5.32 Å². The van der Waals surface area contributed by atoms with Crippen molar-refractivity contribution in [2.45, 2.75) is 39.2 Å². The maximum atomic E-state index is 3.58. The molecule has 1 aliphatic carbocycles. The van der Waals surface area contributed by atoms with E-state index in [1.54, 1.807) is 0 Å². The minimum absolute atomic E-state index is 0.722. The van der Waals surface area contributed by atoms with E-state index in [1.807, 2.05) is 0 Å². The Morgan fingerprint density at radius 3 is 2.50 bits per heavy atom. The fourth-order valence-electron chi connectivity index (χ4n) is 2.72. The van der Waals surface area contributed by atoms with Crippen molar-refractivity contribution in [3.63, 3.8) is 0 Å². The Kier molecular flexibility index (Phi) is 1.31. The van der Waals surface area contributed by atoms with Crippen LogP contribution in [0.3, 0.4) is 0 Å². The third-order valence-corrected chi connectivity index (χ3v) is 3.72. The lowest BCUT2D eigenvalue weighted by atomic mass is 9.59. The molecule has 0 radical (unpaired) electrons. The lowest BCUT2D eigenvalue weighted by molar-refractivity contribution is 0.0545. The molecule has 0 aromatic carbocycles. The van der Waals surface area contributed by atoms with E-state index in [0.717, 1.165) is 17.4 Å². The van der Waals surface area contributed by atoms with Crippen molar-refractivity contribution < 1.29 is 0 Å². The third-order valence-electron chi connectivity index (χ3n) is 3.72. The standard InChI is InChI=1S/C9H17N/c1-7(2)9-4-3-8(9)10-6-5-9/h7-8,10H,3-6H2,1-2H3. The second kappa shape index (κ2) is 1.97. The second-order valence-corrected chi connectivity index (χ2v) is 4.18. The van der Waals surface area contributed by atoms with Gasteiger partial charge in [0, 0.05) is 6.04 Å². The lowest BCUT2D eigenvalue weighted by Crippen LogP contribution is -2.49. The van der Waals surface area contributed by atoms with Crippen LogP contribution in [0.15, 0.2) is 0 Å². The summed E-state index contributed by atoms with van der Waals surface area (Å²) in [5.41, 5.74) is 0.722. The van der Waals surface area contributed by atoms with Crippen LogP contribution in [-0.2, 0) is 0 Å². The summed E-state index contributed by atoms with van der Waals surface area (Å²) in [5, 5.41) is 3.58. The Labute approximate surface area is 63.2 Å². The van der Waals surface area contributed by atoms with Crippen LogP contribution in [0, 0.1) is 11.3 Å². The van der Waals surface area contributed by atoms with E-state index in [-0.39, 0.29) is 0 Å². The molecule has 0 bridgehead atoms. The van der Waals surface area contributed by atoms with Gasteiger partial charge in [-0.3, -0.25) is 0 Å². The summed E-state index contributed by atoms with van der Waals surface area (Å²) in [7, 11) is 0. The molecule has 58 valence electrons. The van der Waals surface area contributed by atoms with Crippen molar-refractivity contribution in [3.8, 4) is 0 Å². The molecule has 0 aromatic heterocycles. The minimum atomic E-state index is 0.722. The first-order valence-electron chi connectivity index (χ1n) is 4.49. The Balaban J connectivity index is 2.14. The molecule has 1 nitrogen and oxygen atoms in total. The van der Waals surface area contributed by atoms with Gasteiger partial charge in [-0.1, -0.05) is 13.8 Å². The number of rotatable bonds is 1. The van der Waals surface area contributed by atoms with Gasteiger partial charge in [0.15, 0.2) is 0 Å². The maximum absolute atomic E-state index is 3.58. The van der Waals surface area contributed by atoms with Crippen LogP contribution in [0.2, 0.25) is 0 Å². The van der Waals surface area contributed by atoms with Gasteiger partial charge in [0.2, 0.25) is 0 Å². The van der Waals surface area contributed by atoms with Crippen LogP contribution in [0.5, 0.6) is 0 Å². The zero-order chi connectivity index (χ0) is 7.19. The fraction of sp³-hybridized carbons (Fsp3) is 1.00. The largest absolute Gasteiger partial charge is 0.313 e. The van der Waals surface area contributed by atoms with Gasteiger partial charge in [-0.25, -0.2) is 0 Å². The molecule has 1 heteroatoms. The molecule has 1 N–H and O–H groups in total. The van der Waals surface area contributed by atoms with Gasteiger partial charge in [-0.05, 0) is 37.1 Å². The summed E-state index contributed by atoms with van der Waals surface area (Å²) in [6, 6.07) is 0.882.